The zero-order valence-corrected chi connectivity index (χ0v) is 13.8. The van der Waals surface area contributed by atoms with Crippen molar-refractivity contribution in [3.8, 4) is 6.07 Å². The van der Waals surface area contributed by atoms with Gasteiger partial charge in [-0.3, -0.25) is 4.79 Å². The van der Waals surface area contributed by atoms with Crippen molar-refractivity contribution in [1.82, 2.24) is 15.0 Å². The molecule has 0 bridgehead atoms. The molecular formula is C17H16N4OS. The number of hydrogen-bond donors (Lipinski definition) is 1. The zero-order chi connectivity index (χ0) is 16.4. The van der Waals surface area contributed by atoms with Crippen molar-refractivity contribution in [3.05, 3.63) is 45.7 Å². The number of H-pyrrole nitrogens is 1. The maximum atomic E-state index is 12.8. The third-order valence-corrected chi connectivity index (χ3v) is 4.83. The van der Waals surface area contributed by atoms with E-state index in [1.165, 1.54) is 11.3 Å². The van der Waals surface area contributed by atoms with Crippen LogP contribution in [0.25, 0.3) is 11.0 Å². The number of aryl methyl sites for hydroxylation is 2. The van der Waals surface area contributed by atoms with Crippen molar-refractivity contribution in [3.63, 3.8) is 0 Å². The van der Waals surface area contributed by atoms with Gasteiger partial charge in [0.25, 0.3) is 0 Å². The van der Waals surface area contributed by atoms with Gasteiger partial charge in [0.15, 0.2) is 11.7 Å². The van der Waals surface area contributed by atoms with Crippen LogP contribution in [0.5, 0.6) is 0 Å². The van der Waals surface area contributed by atoms with Gasteiger partial charge in [-0.2, -0.15) is 5.26 Å². The van der Waals surface area contributed by atoms with Crippen LogP contribution < -0.4 is 0 Å². The minimum Gasteiger partial charge on any atom is -0.340 e. The number of hydrogen-bond acceptors (Lipinski definition) is 5. The number of aromatic amines is 1. The number of nitriles is 1. The van der Waals surface area contributed by atoms with E-state index in [2.05, 4.69) is 27.9 Å². The molecule has 3 rings (SSSR count). The fourth-order valence-corrected chi connectivity index (χ4v) is 3.62. The Morgan fingerprint density at radius 2 is 2.17 bits per heavy atom. The number of aromatic nitrogens is 3. The lowest BCUT2D eigenvalue weighted by molar-refractivity contribution is 0.0979. The molecule has 1 N–H and O–H groups in total. The van der Waals surface area contributed by atoms with Crippen molar-refractivity contribution >= 4 is 28.2 Å². The number of carbonyl (C=O) groups excluding carboxylic acids is 1. The molecule has 0 aliphatic heterocycles. The number of carbonyl (C=O) groups is 1. The van der Waals surface area contributed by atoms with Crippen molar-refractivity contribution in [1.29, 1.82) is 5.26 Å². The summed E-state index contributed by atoms with van der Waals surface area (Å²) >= 11 is 1.38. The number of ketones is 1. The fraction of sp³-hybridized carbons (Fsp3) is 0.294. The second-order valence-corrected chi connectivity index (χ2v) is 6.42. The summed E-state index contributed by atoms with van der Waals surface area (Å²) < 4.78 is 0. The number of fused-ring (bicyclic) bond motifs is 1. The van der Waals surface area contributed by atoms with Crippen molar-refractivity contribution in [2.75, 3.05) is 0 Å². The van der Waals surface area contributed by atoms with Crippen LogP contribution in [0, 0.1) is 18.3 Å². The predicted octanol–water partition coefficient (Wildman–Crippen LogP) is 3.77. The Hall–Kier alpha value is -2.52. The summed E-state index contributed by atoms with van der Waals surface area (Å²) in [6, 6.07) is 9.57. The van der Waals surface area contributed by atoms with Crippen LogP contribution in [0.4, 0.5) is 0 Å². The van der Waals surface area contributed by atoms with Gasteiger partial charge in [0.2, 0.25) is 0 Å². The molecule has 2 aromatic heterocycles. The summed E-state index contributed by atoms with van der Waals surface area (Å²) in [4.78, 5) is 25.2. The molecule has 0 unspecified atom stereocenters. The molecule has 0 amide bonds. The van der Waals surface area contributed by atoms with Crippen molar-refractivity contribution in [2.45, 2.75) is 32.6 Å². The molecule has 6 heteroatoms. The lowest BCUT2D eigenvalue weighted by Crippen LogP contribution is -2.12. The normalized spacial score (nSPS) is 12.2. The van der Waals surface area contributed by atoms with Gasteiger partial charge in [0.05, 0.1) is 32.7 Å². The second-order valence-electron chi connectivity index (χ2n) is 5.34. The third kappa shape index (κ3) is 2.88. The Balaban J connectivity index is 1.97. The Morgan fingerprint density at radius 3 is 2.87 bits per heavy atom. The molecule has 0 fully saturated rings. The molecule has 3 aromatic rings. The number of para-hydroxylation sites is 2. The van der Waals surface area contributed by atoms with Gasteiger partial charge in [-0.15, -0.1) is 11.3 Å². The maximum absolute atomic E-state index is 12.8. The van der Waals surface area contributed by atoms with E-state index >= 15 is 0 Å². The van der Waals surface area contributed by atoms with Crippen LogP contribution in [-0.4, -0.2) is 20.7 Å². The quantitative estimate of drug-likeness (QED) is 0.724. The molecule has 5 nitrogen and oxygen atoms in total. The summed E-state index contributed by atoms with van der Waals surface area (Å²) in [7, 11) is 0. The van der Waals surface area contributed by atoms with E-state index in [1.807, 2.05) is 31.2 Å². The first-order chi connectivity index (χ1) is 11.1. The maximum Gasteiger partial charge on any atom is 0.199 e. The minimum absolute atomic E-state index is 0.232. The zero-order valence-electron chi connectivity index (χ0n) is 13.0. The summed E-state index contributed by atoms with van der Waals surface area (Å²) in [6.45, 7) is 3.89. The van der Waals surface area contributed by atoms with Crippen LogP contribution in [0.3, 0.4) is 0 Å². The van der Waals surface area contributed by atoms with Gasteiger partial charge in [-0.25, -0.2) is 9.97 Å². The Bertz CT molecular complexity index is 870. The van der Waals surface area contributed by atoms with Gasteiger partial charge in [-0.05, 0) is 31.9 Å². The molecule has 0 aliphatic rings. The van der Waals surface area contributed by atoms with Gasteiger partial charge in [-0.1, -0.05) is 19.1 Å². The van der Waals surface area contributed by atoms with Crippen LogP contribution in [-0.2, 0) is 6.42 Å². The topological polar surface area (TPSA) is 82.4 Å². The summed E-state index contributed by atoms with van der Waals surface area (Å²) in [5.41, 5.74) is 2.27. The van der Waals surface area contributed by atoms with Gasteiger partial charge in [0, 0.05) is 0 Å². The molecular weight excluding hydrogens is 308 g/mol. The van der Waals surface area contributed by atoms with E-state index in [-0.39, 0.29) is 5.78 Å². The third-order valence-electron chi connectivity index (χ3n) is 3.60. The molecule has 1 atom stereocenters. The van der Waals surface area contributed by atoms with Crippen LogP contribution in [0.15, 0.2) is 24.3 Å². The Morgan fingerprint density at radius 1 is 1.39 bits per heavy atom. The molecule has 0 spiro atoms. The standard InChI is InChI=1S/C17H16N4OS/c1-3-6-14-19-10(2)16(23-14)15(22)11(9-18)17-20-12-7-4-5-8-13(12)21-17/h4-5,7-8,11H,3,6H2,1-2H3,(H,20,21)/t11-/m1/s1. The monoisotopic (exact) mass is 324 g/mol. The highest BCUT2D eigenvalue weighted by molar-refractivity contribution is 7.13. The van der Waals surface area contributed by atoms with Crippen molar-refractivity contribution in [2.24, 2.45) is 0 Å². The average molecular weight is 324 g/mol. The fourth-order valence-electron chi connectivity index (χ4n) is 2.49. The van der Waals surface area contributed by atoms with E-state index < -0.39 is 5.92 Å². The first-order valence-corrected chi connectivity index (χ1v) is 8.30. The predicted molar refractivity (Wildman–Crippen MR) is 89.6 cm³/mol. The summed E-state index contributed by atoms with van der Waals surface area (Å²) in [5.74, 6) is -0.775. The number of nitrogens with zero attached hydrogens (tertiary/aromatic N) is 3. The molecule has 0 saturated heterocycles. The van der Waals surface area contributed by atoms with Gasteiger partial charge in [0.1, 0.15) is 5.82 Å². The lowest BCUT2D eigenvalue weighted by atomic mass is 10.0. The first kappa shape index (κ1) is 15.4. The van der Waals surface area contributed by atoms with Gasteiger partial charge >= 0.3 is 0 Å². The first-order valence-electron chi connectivity index (χ1n) is 7.48. The van der Waals surface area contributed by atoms with E-state index in [0.29, 0.717) is 16.4 Å². The van der Waals surface area contributed by atoms with E-state index in [9.17, 15) is 10.1 Å². The highest BCUT2D eigenvalue weighted by Crippen LogP contribution is 2.27. The number of benzene rings is 1. The molecule has 2 heterocycles. The molecule has 116 valence electrons. The number of rotatable bonds is 5. The molecule has 23 heavy (non-hydrogen) atoms. The largest absolute Gasteiger partial charge is 0.340 e. The average Bonchev–Trinajstić information content (AvgIpc) is 3.11. The summed E-state index contributed by atoms with van der Waals surface area (Å²) in [5, 5.41) is 10.4. The van der Waals surface area contributed by atoms with Crippen molar-refractivity contribution < 1.29 is 4.79 Å². The number of nitrogens with one attached hydrogen (secondary N) is 1. The van der Waals surface area contributed by atoms with E-state index in [0.717, 1.165) is 28.9 Å². The smallest absolute Gasteiger partial charge is 0.199 e. The number of imidazole rings is 1. The highest BCUT2D eigenvalue weighted by Gasteiger charge is 2.28. The number of Topliss-reactive ketones (excluding diaryl/α,β-unsaturated/α-hetero) is 1. The minimum atomic E-state index is -0.934. The molecule has 0 saturated carbocycles. The molecule has 0 radical (unpaired) electrons. The van der Waals surface area contributed by atoms with E-state index in [4.69, 9.17) is 0 Å². The highest BCUT2D eigenvalue weighted by atomic mass is 32.1. The lowest BCUT2D eigenvalue weighted by Gasteiger charge is -2.03. The van der Waals surface area contributed by atoms with Gasteiger partial charge < -0.3 is 4.98 Å². The van der Waals surface area contributed by atoms with Crippen LogP contribution in [0.1, 0.15) is 45.5 Å². The Labute approximate surface area is 138 Å². The SMILES string of the molecule is CCCc1nc(C)c(C(=O)[C@@H](C#N)c2nc3ccccc3[nH]2)s1. The molecule has 0 aliphatic carbocycles. The van der Waals surface area contributed by atoms with Crippen LogP contribution in [0.2, 0.25) is 0 Å². The second kappa shape index (κ2) is 6.31. The number of thiazole rings is 1. The van der Waals surface area contributed by atoms with E-state index in [1.54, 1.807) is 0 Å². The summed E-state index contributed by atoms with van der Waals surface area (Å²) in [6.07, 6.45) is 1.83. The van der Waals surface area contributed by atoms with Crippen LogP contribution >= 0.6 is 11.3 Å². The Kier molecular flexibility index (Phi) is 4.22. The molecule has 1 aromatic carbocycles.